The molecule has 57 heavy (non-hydrogen) atoms. The van der Waals surface area contributed by atoms with Crippen LogP contribution in [0.25, 0.3) is 10.8 Å². The minimum Gasteiger partial charge on any atom is -0.493 e. The number of fused-ring (bicyclic) bond motifs is 6. The average molecular weight is 775 g/mol. The fraction of sp³-hybridized carbons (Fsp3) is 0.608. The number of benzene rings is 3. The van der Waals surface area contributed by atoms with E-state index in [4.69, 9.17) is 18.9 Å². The average Bonchev–Trinajstić information content (AvgIpc) is 3.55. The molecular formula is C51H66O6. The predicted octanol–water partition coefficient (Wildman–Crippen LogP) is 12.4. The van der Waals surface area contributed by atoms with Gasteiger partial charge in [-0.1, -0.05) is 84.6 Å². The Morgan fingerprint density at radius 1 is 0.807 bits per heavy atom. The van der Waals surface area contributed by atoms with Crippen LogP contribution in [0.3, 0.4) is 0 Å². The van der Waals surface area contributed by atoms with Crippen molar-refractivity contribution in [2.24, 2.45) is 51.8 Å². The van der Waals surface area contributed by atoms with Crippen LogP contribution in [0.2, 0.25) is 0 Å². The highest BCUT2D eigenvalue weighted by atomic mass is 16.5. The van der Waals surface area contributed by atoms with E-state index >= 15 is 0 Å². The first-order valence-electron chi connectivity index (χ1n) is 22.4. The fourth-order valence-corrected chi connectivity index (χ4v) is 12.3. The molecule has 4 aliphatic carbocycles. The summed E-state index contributed by atoms with van der Waals surface area (Å²) in [6, 6.07) is 18.2. The Morgan fingerprint density at radius 2 is 1.54 bits per heavy atom. The zero-order chi connectivity index (χ0) is 40.0. The summed E-state index contributed by atoms with van der Waals surface area (Å²) in [5, 5.41) is 1.92. The Kier molecular flexibility index (Phi) is 11.4. The summed E-state index contributed by atoms with van der Waals surface area (Å²) in [4.78, 5) is 26.5. The maximum Gasteiger partial charge on any atom is 0.343 e. The van der Waals surface area contributed by atoms with Gasteiger partial charge in [0.15, 0.2) is 0 Å². The fourth-order valence-electron chi connectivity index (χ4n) is 12.3. The number of allylic oxidation sites excluding steroid dienone is 1. The Bertz CT molecular complexity index is 1950. The van der Waals surface area contributed by atoms with Crippen molar-refractivity contribution in [2.75, 3.05) is 19.8 Å². The van der Waals surface area contributed by atoms with E-state index in [2.05, 4.69) is 47.6 Å². The molecule has 0 amide bonds. The van der Waals surface area contributed by atoms with Gasteiger partial charge in [-0.2, -0.15) is 0 Å². The summed E-state index contributed by atoms with van der Waals surface area (Å²) < 4.78 is 23.4. The first-order chi connectivity index (χ1) is 27.4. The minimum absolute atomic E-state index is 0.108. The van der Waals surface area contributed by atoms with Crippen LogP contribution >= 0.6 is 0 Å². The van der Waals surface area contributed by atoms with Crippen molar-refractivity contribution in [2.45, 2.75) is 125 Å². The van der Waals surface area contributed by atoms with Crippen molar-refractivity contribution >= 4 is 22.7 Å². The lowest BCUT2D eigenvalue weighted by Crippen LogP contribution is -2.51. The van der Waals surface area contributed by atoms with Gasteiger partial charge < -0.3 is 18.9 Å². The maximum absolute atomic E-state index is 13.4. The van der Waals surface area contributed by atoms with E-state index in [0.29, 0.717) is 28.9 Å². The van der Waals surface area contributed by atoms with E-state index in [1.807, 2.05) is 30.3 Å². The van der Waals surface area contributed by atoms with E-state index in [1.165, 1.54) is 56.9 Å². The SMILES string of the molecule is CCC1(COc2ccc3cc(C(=O)Oc4ccc(C(=O)OC5CCC6(C)C(=CCC7C6CCC6(C)C(C(C)CCCC(C)C)CCC76)C5)cc4)ccc3c2)COC1. The second kappa shape index (κ2) is 16.2. The van der Waals surface area contributed by atoms with Crippen LogP contribution in [0.15, 0.2) is 72.3 Å². The molecule has 0 spiro atoms. The van der Waals surface area contributed by atoms with Crippen molar-refractivity contribution in [1.29, 1.82) is 0 Å². The maximum atomic E-state index is 13.4. The number of rotatable bonds is 13. The standard InChI is InChI=1S/C51H66O6/c1-7-51(30-54-31-51)32-55-41-19-15-36-27-38(12-11-37(36)28-41)48(53)56-40-17-13-35(14-18-40)47(52)57-42-23-25-49(5)39(29-42)16-20-43-45-22-21-44(34(4)10-8-9-33(2)3)50(45,6)26-24-46(43)49/h11-19,27-28,33-34,42-46H,7-10,20-26,29-32H2,1-6H3. The van der Waals surface area contributed by atoms with Crippen molar-refractivity contribution in [3.8, 4) is 11.5 Å². The molecule has 1 heterocycles. The van der Waals surface area contributed by atoms with Crippen LogP contribution in [0, 0.1) is 51.8 Å². The molecule has 1 aliphatic heterocycles. The molecule has 0 N–H and O–H groups in total. The van der Waals surface area contributed by atoms with Crippen molar-refractivity contribution < 1.29 is 28.5 Å². The molecule has 5 aliphatic rings. The van der Waals surface area contributed by atoms with Crippen molar-refractivity contribution in [1.82, 2.24) is 0 Å². The lowest BCUT2D eigenvalue weighted by Gasteiger charge is -2.58. The van der Waals surface area contributed by atoms with Crippen molar-refractivity contribution in [3.05, 3.63) is 83.4 Å². The van der Waals surface area contributed by atoms with E-state index in [1.54, 1.807) is 30.3 Å². The first kappa shape index (κ1) is 40.2. The van der Waals surface area contributed by atoms with Gasteiger partial charge in [0.25, 0.3) is 0 Å². The number of carbonyl (C=O) groups excluding carboxylic acids is 2. The van der Waals surface area contributed by atoms with E-state index in [0.717, 1.165) is 90.9 Å². The summed E-state index contributed by atoms with van der Waals surface area (Å²) in [5.41, 5.74) is 3.27. The largest absolute Gasteiger partial charge is 0.493 e. The number of hydrogen-bond donors (Lipinski definition) is 0. The summed E-state index contributed by atoms with van der Waals surface area (Å²) in [7, 11) is 0. The van der Waals surface area contributed by atoms with Crippen molar-refractivity contribution in [3.63, 3.8) is 0 Å². The zero-order valence-electron chi connectivity index (χ0n) is 35.4. The van der Waals surface area contributed by atoms with Gasteiger partial charge in [0.1, 0.15) is 17.6 Å². The third kappa shape index (κ3) is 7.94. The Labute approximate surface area is 341 Å². The molecule has 0 radical (unpaired) electrons. The third-order valence-electron chi connectivity index (χ3n) is 16.0. The molecule has 0 bridgehead atoms. The smallest absolute Gasteiger partial charge is 0.343 e. The summed E-state index contributed by atoms with van der Waals surface area (Å²) in [5.74, 6) is 5.31. The van der Waals surface area contributed by atoms with Crippen LogP contribution in [0.5, 0.6) is 11.5 Å². The molecule has 8 rings (SSSR count). The quantitative estimate of drug-likeness (QED) is 0.0978. The molecule has 0 aromatic heterocycles. The molecule has 6 nitrogen and oxygen atoms in total. The molecule has 4 fully saturated rings. The van der Waals surface area contributed by atoms with E-state index < -0.39 is 5.97 Å². The minimum atomic E-state index is -0.447. The van der Waals surface area contributed by atoms with Crippen LogP contribution < -0.4 is 9.47 Å². The molecule has 3 saturated carbocycles. The molecule has 8 atom stereocenters. The lowest BCUT2D eigenvalue weighted by atomic mass is 9.47. The third-order valence-corrected chi connectivity index (χ3v) is 16.0. The Balaban J connectivity index is 0.839. The highest BCUT2D eigenvalue weighted by molar-refractivity contribution is 5.97. The molecule has 1 saturated heterocycles. The Morgan fingerprint density at radius 3 is 2.28 bits per heavy atom. The van der Waals surface area contributed by atoms with Gasteiger partial charge in [-0.25, -0.2) is 9.59 Å². The molecule has 6 heteroatoms. The van der Waals surface area contributed by atoms with Gasteiger partial charge in [0.2, 0.25) is 0 Å². The van der Waals surface area contributed by atoms with Gasteiger partial charge in [-0.3, -0.25) is 0 Å². The zero-order valence-corrected chi connectivity index (χ0v) is 35.4. The topological polar surface area (TPSA) is 71.1 Å². The number of esters is 2. The van der Waals surface area contributed by atoms with E-state index in [9.17, 15) is 9.59 Å². The van der Waals surface area contributed by atoms with Crippen LogP contribution in [0.4, 0.5) is 0 Å². The Hall–Kier alpha value is -3.64. The van der Waals surface area contributed by atoms with Crippen LogP contribution in [0.1, 0.15) is 139 Å². The molecule has 306 valence electrons. The molecule has 8 unspecified atom stereocenters. The first-order valence-corrected chi connectivity index (χ1v) is 22.4. The number of carbonyl (C=O) groups is 2. The number of ether oxygens (including phenoxy) is 4. The van der Waals surface area contributed by atoms with Gasteiger partial charge in [-0.15, -0.1) is 0 Å². The summed E-state index contributed by atoms with van der Waals surface area (Å²) in [6.45, 7) is 16.8. The lowest BCUT2D eigenvalue weighted by molar-refractivity contribution is -0.133. The molecule has 3 aromatic carbocycles. The highest BCUT2D eigenvalue weighted by Gasteiger charge is 2.59. The van der Waals surface area contributed by atoms with Gasteiger partial charge >= 0.3 is 11.9 Å². The predicted molar refractivity (Wildman–Crippen MR) is 227 cm³/mol. The molecule has 3 aromatic rings. The van der Waals surface area contributed by atoms with Crippen LogP contribution in [-0.4, -0.2) is 37.9 Å². The normalized spacial score (nSPS) is 30.6. The second-order valence-electron chi connectivity index (χ2n) is 19.8. The van der Waals surface area contributed by atoms with Gasteiger partial charge in [0.05, 0.1) is 36.4 Å². The van der Waals surface area contributed by atoms with Gasteiger partial charge in [-0.05, 0) is 157 Å². The van der Waals surface area contributed by atoms with Gasteiger partial charge in [0, 0.05) is 6.42 Å². The van der Waals surface area contributed by atoms with E-state index in [-0.39, 0.29) is 22.9 Å². The highest BCUT2D eigenvalue weighted by Crippen LogP contribution is 2.67. The summed E-state index contributed by atoms with van der Waals surface area (Å²) in [6.07, 6.45) is 17.2. The summed E-state index contributed by atoms with van der Waals surface area (Å²) >= 11 is 0. The van der Waals surface area contributed by atoms with Crippen LogP contribution in [-0.2, 0) is 9.47 Å². The molecular weight excluding hydrogens is 709 g/mol. The second-order valence-corrected chi connectivity index (χ2v) is 19.8. The number of hydrogen-bond acceptors (Lipinski definition) is 6. The monoisotopic (exact) mass is 774 g/mol.